The van der Waals surface area contributed by atoms with Crippen molar-refractivity contribution < 1.29 is 57.2 Å². The second-order valence-electron chi connectivity index (χ2n) is 27.7. The maximum atomic E-state index is 12.7. The number of rotatable bonds is 60. The number of piperidine rings is 2. The summed E-state index contributed by atoms with van der Waals surface area (Å²) < 4.78 is 33.5. The van der Waals surface area contributed by atoms with Gasteiger partial charge in [0.25, 0.3) is 0 Å². The molecule has 0 bridgehead atoms. The molecule has 4 rings (SSSR count). The number of benzene rings is 2. The number of esters is 6. The molecule has 16 heteroatoms. The molecule has 0 unspecified atom stereocenters. The monoisotopic (exact) mass is 1380 g/mol. The van der Waals surface area contributed by atoms with Crippen LogP contribution in [0.5, 0.6) is 11.5 Å². The summed E-state index contributed by atoms with van der Waals surface area (Å²) in [5, 5.41) is 0. The summed E-state index contributed by atoms with van der Waals surface area (Å²) in [6.07, 6.45) is 44.9. The van der Waals surface area contributed by atoms with Crippen molar-refractivity contribution in [2.75, 3.05) is 77.2 Å². The van der Waals surface area contributed by atoms with Crippen LogP contribution in [0.25, 0.3) is 0 Å². The van der Waals surface area contributed by atoms with E-state index in [0.717, 1.165) is 184 Å². The summed E-state index contributed by atoms with van der Waals surface area (Å²) in [5.41, 5.74) is 1.66. The van der Waals surface area contributed by atoms with Crippen molar-refractivity contribution in [3.05, 3.63) is 59.7 Å². The normalized spacial score (nSPS) is 14.0. The molecule has 2 aromatic rings. The average molecular weight is 1380 g/mol. The summed E-state index contributed by atoms with van der Waals surface area (Å²) in [4.78, 5) is 80.0. The molecule has 2 aliphatic rings. The molecule has 96 heavy (non-hydrogen) atoms. The minimum absolute atomic E-state index is 0.0764. The zero-order chi connectivity index (χ0) is 68.6. The van der Waals surface area contributed by atoms with Crippen molar-refractivity contribution in [1.82, 2.24) is 9.80 Å². The maximum absolute atomic E-state index is 12.7. The Hall–Kier alpha value is -4.12. The van der Waals surface area contributed by atoms with Crippen LogP contribution >= 0.6 is 21.6 Å². The van der Waals surface area contributed by atoms with Crippen LogP contribution in [-0.2, 0) is 60.6 Å². The van der Waals surface area contributed by atoms with E-state index in [1.54, 1.807) is 24.3 Å². The van der Waals surface area contributed by atoms with Gasteiger partial charge in [-0.05, 0) is 156 Å². The Morgan fingerprint density at radius 2 is 0.688 bits per heavy atom. The Labute approximate surface area is 590 Å². The fourth-order valence-corrected chi connectivity index (χ4v) is 15.1. The molecular formula is C80H132N2O12S2. The predicted molar refractivity (Wildman–Crippen MR) is 395 cm³/mol. The standard InChI is InChI=1S/C80H132N2O12S2/c1-4-7-10-13-16-25-32-60-89-75(83)35-28-21-17-23-30-37-77(85)93-73-43-39-71(40-44-73)66-79(87)91-62-52-69-47-54-81(55-48-69)58-64-95-96-65-59-82-56-49-70(50-57-82)53-63-92-80(88)67-72-41-45-74(46-42-72)94-78(86)38-31-24-18-22-29-36-76(84)90-61-51-68(33-26-19-14-11-8-5-2)34-27-20-15-12-9-6-3/h39-46,68-70H,4-38,47-67H2,1-3H3. The van der Waals surface area contributed by atoms with Gasteiger partial charge in [-0.2, -0.15) is 0 Å². The van der Waals surface area contributed by atoms with Gasteiger partial charge in [0.2, 0.25) is 0 Å². The van der Waals surface area contributed by atoms with E-state index in [1.807, 2.05) is 45.9 Å². The molecule has 0 radical (unpaired) electrons. The first-order chi connectivity index (χ1) is 47.0. The predicted octanol–water partition coefficient (Wildman–Crippen LogP) is 19.8. The van der Waals surface area contributed by atoms with Crippen LogP contribution in [0.4, 0.5) is 0 Å². The summed E-state index contributed by atoms with van der Waals surface area (Å²) >= 11 is 0. The SMILES string of the molecule is CCCCCCCCCOC(=O)CCCCCCCC(=O)Oc1ccc(CC(=O)OCCC2CCN(CCSSCCN3CCC(CCOC(=O)Cc4ccc(OC(=O)CCCCCCCC(=O)OCCC(CCCCCCCC)CCCCCCCC)cc4)CC3)CC2)cc1. The zero-order valence-corrected chi connectivity index (χ0v) is 62.2. The van der Waals surface area contributed by atoms with Crippen molar-refractivity contribution in [3.8, 4) is 11.5 Å². The summed E-state index contributed by atoms with van der Waals surface area (Å²) in [6, 6.07) is 14.2. The van der Waals surface area contributed by atoms with E-state index in [9.17, 15) is 28.8 Å². The zero-order valence-electron chi connectivity index (χ0n) is 60.6. The van der Waals surface area contributed by atoms with Gasteiger partial charge in [-0.15, -0.1) is 0 Å². The van der Waals surface area contributed by atoms with Crippen LogP contribution in [0, 0.1) is 17.8 Å². The number of carbonyl (C=O) groups is 6. The second-order valence-corrected chi connectivity index (χ2v) is 30.4. The molecule has 0 atom stereocenters. The number of ether oxygens (including phenoxy) is 6. The summed E-state index contributed by atoms with van der Waals surface area (Å²) in [7, 11) is 3.95. The number of hydrogen-bond donors (Lipinski definition) is 0. The van der Waals surface area contributed by atoms with Crippen molar-refractivity contribution in [2.45, 2.75) is 303 Å². The van der Waals surface area contributed by atoms with Gasteiger partial charge >= 0.3 is 35.8 Å². The second kappa shape index (κ2) is 57.6. The summed E-state index contributed by atoms with van der Waals surface area (Å²) in [5.74, 6) is 3.83. The van der Waals surface area contributed by atoms with E-state index in [0.29, 0.717) is 81.4 Å². The minimum Gasteiger partial charge on any atom is -0.466 e. The molecule has 2 heterocycles. The molecule has 14 nitrogen and oxygen atoms in total. The fraction of sp³-hybridized carbons (Fsp3) is 0.775. The minimum atomic E-state index is -0.263. The third-order valence-electron chi connectivity index (χ3n) is 19.3. The van der Waals surface area contributed by atoms with Crippen LogP contribution < -0.4 is 9.47 Å². The summed E-state index contributed by atoms with van der Waals surface area (Å²) in [6.45, 7) is 15.3. The highest BCUT2D eigenvalue weighted by atomic mass is 33.1. The largest absolute Gasteiger partial charge is 0.466 e. The number of carbonyl (C=O) groups excluding carboxylic acids is 6. The van der Waals surface area contributed by atoms with Gasteiger partial charge in [0.15, 0.2) is 0 Å². The Morgan fingerprint density at radius 3 is 1.07 bits per heavy atom. The number of nitrogens with zero attached hydrogens (tertiary/aromatic N) is 2. The highest BCUT2D eigenvalue weighted by molar-refractivity contribution is 8.76. The lowest BCUT2D eigenvalue weighted by atomic mass is 9.91. The van der Waals surface area contributed by atoms with Crippen LogP contribution in [-0.4, -0.2) is 123 Å². The topological polar surface area (TPSA) is 164 Å². The quantitative estimate of drug-likeness (QED) is 0.0202. The van der Waals surface area contributed by atoms with Gasteiger partial charge in [-0.25, -0.2) is 0 Å². The van der Waals surface area contributed by atoms with E-state index in [1.165, 1.54) is 122 Å². The van der Waals surface area contributed by atoms with Gasteiger partial charge in [-0.3, -0.25) is 28.8 Å². The smallest absolute Gasteiger partial charge is 0.311 e. The van der Waals surface area contributed by atoms with Gasteiger partial charge in [0, 0.05) is 50.3 Å². The Bertz CT molecular complexity index is 2270. The number of unbranched alkanes of at least 4 members (excludes halogenated alkanes) is 24. The third kappa shape index (κ3) is 45.5. The Morgan fingerprint density at radius 1 is 0.365 bits per heavy atom. The molecule has 0 aliphatic carbocycles. The first-order valence-corrected chi connectivity index (χ1v) is 41.4. The molecule has 2 aromatic carbocycles. The third-order valence-corrected chi connectivity index (χ3v) is 21.7. The van der Waals surface area contributed by atoms with E-state index in [2.05, 4.69) is 30.6 Å². The Kier molecular flexibility index (Phi) is 50.6. The van der Waals surface area contributed by atoms with Gasteiger partial charge in [-0.1, -0.05) is 234 Å². The first kappa shape index (κ1) is 84.3. The maximum Gasteiger partial charge on any atom is 0.311 e. The van der Waals surface area contributed by atoms with Crippen LogP contribution in [0.2, 0.25) is 0 Å². The Balaban J connectivity index is 0.893. The molecule has 0 spiro atoms. The van der Waals surface area contributed by atoms with Crippen molar-refractivity contribution >= 4 is 57.4 Å². The van der Waals surface area contributed by atoms with Gasteiger partial charge in [0.05, 0.1) is 39.3 Å². The van der Waals surface area contributed by atoms with Crippen LogP contribution in [0.15, 0.2) is 48.5 Å². The lowest BCUT2D eigenvalue weighted by molar-refractivity contribution is -0.145. The molecule has 546 valence electrons. The van der Waals surface area contributed by atoms with Gasteiger partial charge in [0.1, 0.15) is 11.5 Å². The lowest BCUT2D eigenvalue weighted by Gasteiger charge is -2.32. The number of likely N-dealkylation sites (tertiary alicyclic amines) is 2. The molecule has 0 amide bonds. The molecule has 2 aliphatic heterocycles. The van der Waals surface area contributed by atoms with Crippen molar-refractivity contribution in [1.29, 1.82) is 0 Å². The van der Waals surface area contributed by atoms with Crippen molar-refractivity contribution in [3.63, 3.8) is 0 Å². The molecule has 2 saturated heterocycles. The fourth-order valence-electron chi connectivity index (χ4n) is 13.0. The lowest BCUT2D eigenvalue weighted by Crippen LogP contribution is -2.36. The van der Waals surface area contributed by atoms with E-state index in [-0.39, 0.29) is 48.7 Å². The molecule has 0 saturated carbocycles. The molecular weight excluding hydrogens is 1250 g/mol. The van der Waals surface area contributed by atoms with E-state index >= 15 is 0 Å². The number of hydrogen-bond acceptors (Lipinski definition) is 16. The average Bonchev–Trinajstić information content (AvgIpc) is 2.84. The molecule has 0 N–H and O–H groups in total. The van der Waals surface area contributed by atoms with Crippen LogP contribution in [0.1, 0.15) is 302 Å². The van der Waals surface area contributed by atoms with Gasteiger partial charge < -0.3 is 38.2 Å². The van der Waals surface area contributed by atoms with E-state index in [4.69, 9.17) is 28.4 Å². The highest BCUT2D eigenvalue weighted by Crippen LogP contribution is 2.28. The van der Waals surface area contributed by atoms with Crippen LogP contribution in [0.3, 0.4) is 0 Å². The molecule has 2 fully saturated rings. The highest BCUT2D eigenvalue weighted by Gasteiger charge is 2.22. The first-order valence-electron chi connectivity index (χ1n) is 38.9. The van der Waals surface area contributed by atoms with Crippen molar-refractivity contribution in [2.24, 2.45) is 17.8 Å². The molecule has 0 aromatic heterocycles. The van der Waals surface area contributed by atoms with E-state index < -0.39 is 0 Å².